The molecule has 0 saturated carbocycles. The van der Waals surface area contributed by atoms with E-state index in [2.05, 4.69) is 5.32 Å². The number of carbonyl (C=O) groups is 2. The molecule has 0 bridgehead atoms. The van der Waals surface area contributed by atoms with Gasteiger partial charge in [0.05, 0.1) is 21.7 Å². The number of hydrogen-bond donors (Lipinski definition) is 1. The molecule has 2 aromatic rings. The highest BCUT2D eigenvalue weighted by Gasteiger charge is 2.38. The number of hydrogen-bond acceptors (Lipinski definition) is 6. The lowest BCUT2D eigenvalue weighted by Gasteiger charge is -2.11. The van der Waals surface area contributed by atoms with Crippen molar-refractivity contribution in [3.05, 3.63) is 59.7 Å². The van der Waals surface area contributed by atoms with Crippen molar-refractivity contribution in [3.8, 4) is 0 Å². The van der Waals surface area contributed by atoms with Gasteiger partial charge in [0.1, 0.15) is 0 Å². The molecule has 148 valence electrons. The van der Waals surface area contributed by atoms with Gasteiger partial charge in [0.15, 0.2) is 25.5 Å². The molecule has 0 spiro atoms. The summed E-state index contributed by atoms with van der Waals surface area (Å²) in [6, 6.07) is 11.9. The fourth-order valence-electron chi connectivity index (χ4n) is 3.00. The number of benzene rings is 2. The Morgan fingerprint density at radius 2 is 1.71 bits per heavy atom. The van der Waals surface area contributed by atoms with Crippen LogP contribution in [0.1, 0.15) is 34.1 Å². The summed E-state index contributed by atoms with van der Waals surface area (Å²) in [6.07, 6.45) is 0.0591. The predicted octanol–water partition coefficient (Wildman–Crippen LogP) is 2.10. The third-order valence-electron chi connectivity index (χ3n) is 4.60. The molecule has 0 radical (unpaired) electrons. The number of sulfone groups is 2. The average Bonchev–Trinajstić information content (AvgIpc) is 3.03. The highest BCUT2D eigenvalue weighted by Crippen LogP contribution is 2.26. The first-order valence-electron chi connectivity index (χ1n) is 8.55. The minimum absolute atomic E-state index is 0.0591. The molecule has 1 fully saturated rings. The Morgan fingerprint density at radius 1 is 1.04 bits per heavy atom. The molecule has 2 aromatic carbocycles. The summed E-state index contributed by atoms with van der Waals surface area (Å²) in [5.74, 6) is -1.14. The first kappa shape index (κ1) is 20.2. The molecule has 0 aromatic heterocycles. The van der Waals surface area contributed by atoms with Crippen LogP contribution in [-0.2, 0) is 19.7 Å². The zero-order valence-electron chi connectivity index (χ0n) is 15.1. The van der Waals surface area contributed by atoms with Crippen molar-refractivity contribution in [1.29, 1.82) is 0 Å². The Balaban J connectivity index is 1.80. The van der Waals surface area contributed by atoms with Crippen molar-refractivity contribution in [2.75, 3.05) is 16.8 Å². The van der Waals surface area contributed by atoms with Gasteiger partial charge >= 0.3 is 0 Å². The molecule has 7 nitrogen and oxygen atoms in total. The minimum Gasteiger partial charge on any atom is -0.322 e. The standard InChI is InChI=1S/C19H19NO6S2/c1-13(21)14-5-7-16(8-6-14)20-19(22)15-3-2-4-17(11-15)28(25,26)18-9-10-27(23,24)12-18/h2-8,11,18H,9-10,12H2,1H3,(H,20,22). The Kier molecular flexibility index (Phi) is 5.40. The highest BCUT2D eigenvalue weighted by molar-refractivity contribution is 7.96. The predicted molar refractivity (Wildman–Crippen MR) is 105 cm³/mol. The van der Waals surface area contributed by atoms with Gasteiger partial charge in [-0.3, -0.25) is 9.59 Å². The maximum atomic E-state index is 12.7. The van der Waals surface area contributed by atoms with E-state index < -0.39 is 36.6 Å². The van der Waals surface area contributed by atoms with Gasteiger partial charge in [0.2, 0.25) is 0 Å². The lowest BCUT2D eigenvalue weighted by Crippen LogP contribution is -2.23. The van der Waals surface area contributed by atoms with Crippen LogP contribution in [0.3, 0.4) is 0 Å². The van der Waals surface area contributed by atoms with Gasteiger partial charge in [0.25, 0.3) is 5.91 Å². The van der Waals surface area contributed by atoms with Crippen LogP contribution in [0.4, 0.5) is 5.69 Å². The maximum absolute atomic E-state index is 12.7. The Hall–Kier alpha value is -2.52. The molecule has 28 heavy (non-hydrogen) atoms. The molecule has 3 rings (SSSR count). The van der Waals surface area contributed by atoms with Gasteiger partial charge < -0.3 is 5.32 Å². The number of rotatable bonds is 5. The third kappa shape index (κ3) is 4.31. The molecule has 1 heterocycles. The van der Waals surface area contributed by atoms with Gasteiger partial charge in [-0.1, -0.05) is 6.07 Å². The molecule has 1 aliphatic rings. The average molecular weight is 421 g/mol. The van der Waals surface area contributed by atoms with Gasteiger partial charge in [-0.2, -0.15) is 0 Å². The van der Waals surface area contributed by atoms with E-state index in [0.29, 0.717) is 11.3 Å². The molecule has 0 aliphatic carbocycles. The van der Waals surface area contributed by atoms with Gasteiger partial charge in [-0.15, -0.1) is 0 Å². The highest BCUT2D eigenvalue weighted by atomic mass is 32.2. The van der Waals surface area contributed by atoms with Crippen LogP contribution in [0.5, 0.6) is 0 Å². The van der Waals surface area contributed by atoms with E-state index in [0.717, 1.165) is 0 Å². The molecular formula is C19H19NO6S2. The van der Waals surface area contributed by atoms with E-state index in [4.69, 9.17) is 0 Å². The number of amides is 1. The summed E-state index contributed by atoms with van der Waals surface area (Å²) in [5.41, 5.74) is 1.11. The fourth-order valence-corrected chi connectivity index (χ4v) is 7.41. The van der Waals surface area contributed by atoms with Gasteiger partial charge in [-0.25, -0.2) is 16.8 Å². The van der Waals surface area contributed by atoms with Crippen LogP contribution in [-0.4, -0.2) is 45.3 Å². The second-order valence-electron chi connectivity index (χ2n) is 6.69. The topological polar surface area (TPSA) is 114 Å². The molecule has 1 amide bonds. The Bertz CT molecular complexity index is 1140. The zero-order chi connectivity index (χ0) is 20.5. The summed E-state index contributed by atoms with van der Waals surface area (Å²) < 4.78 is 48.7. The van der Waals surface area contributed by atoms with Crippen LogP contribution < -0.4 is 5.32 Å². The van der Waals surface area contributed by atoms with Gasteiger partial charge in [0, 0.05) is 16.8 Å². The smallest absolute Gasteiger partial charge is 0.255 e. The van der Waals surface area contributed by atoms with Crippen molar-refractivity contribution < 1.29 is 26.4 Å². The number of Topliss-reactive ketones (excluding diaryl/α,β-unsaturated/α-hetero) is 1. The van der Waals surface area contributed by atoms with E-state index in [1.165, 1.54) is 31.2 Å². The largest absolute Gasteiger partial charge is 0.322 e. The van der Waals surface area contributed by atoms with Crippen LogP contribution in [0, 0.1) is 0 Å². The molecule has 1 saturated heterocycles. The van der Waals surface area contributed by atoms with Crippen molar-refractivity contribution in [1.82, 2.24) is 0 Å². The number of ketones is 1. The molecule has 1 N–H and O–H groups in total. The quantitative estimate of drug-likeness (QED) is 0.740. The molecule has 1 atom stereocenters. The Labute approximate surface area is 163 Å². The number of carbonyl (C=O) groups excluding carboxylic acids is 2. The molecule has 9 heteroatoms. The van der Waals surface area contributed by atoms with Gasteiger partial charge in [-0.05, 0) is 55.8 Å². The van der Waals surface area contributed by atoms with Crippen molar-refractivity contribution in [3.63, 3.8) is 0 Å². The maximum Gasteiger partial charge on any atom is 0.255 e. The lowest BCUT2D eigenvalue weighted by atomic mass is 10.1. The zero-order valence-corrected chi connectivity index (χ0v) is 16.7. The van der Waals surface area contributed by atoms with Crippen molar-refractivity contribution in [2.24, 2.45) is 0 Å². The second kappa shape index (κ2) is 7.48. The van der Waals surface area contributed by atoms with Crippen molar-refractivity contribution in [2.45, 2.75) is 23.5 Å². The monoisotopic (exact) mass is 421 g/mol. The minimum atomic E-state index is -3.85. The van der Waals surface area contributed by atoms with Crippen LogP contribution >= 0.6 is 0 Å². The fraction of sp³-hybridized carbons (Fsp3) is 0.263. The third-order valence-corrected chi connectivity index (χ3v) is 8.77. The first-order valence-corrected chi connectivity index (χ1v) is 11.9. The van der Waals surface area contributed by atoms with E-state index >= 15 is 0 Å². The lowest BCUT2D eigenvalue weighted by molar-refractivity contribution is 0.101. The summed E-state index contributed by atoms with van der Waals surface area (Å²) >= 11 is 0. The van der Waals surface area contributed by atoms with Crippen molar-refractivity contribution >= 4 is 37.1 Å². The summed E-state index contributed by atoms with van der Waals surface area (Å²) in [6.45, 7) is 1.44. The normalized spacial score (nSPS) is 18.5. The van der Waals surface area contributed by atoms with E-state index in [-0.39, 0.29) is 28.4 Å². The van der Waals surface area contributed by atoms with Crippen LogP contribution in [0.25, 0.3) is 0 Å². The first-order chi connectivity index (χ1) is 13.1. The number of anilines is 1. The van der Waals surface area contributed by atoms with E-state index in [1.807, 2.05) is 0 Å². The van der Waals surface area contributed by atoms with Crippen LogP contribution in [0.2, 0.25) is 0 Å². The van der Waals surface area contributed by atoms with Crippen LogP contribution in [0.15, 0.2) is 53.4 Å². The molecule has 1 unspecified atom stereocenters. The molecule has 1 aliphatic heterocycles. The van der Waals surface area contributed by atoms with E-state index in [9.17, 15) is 26.4 Å². The summed E-state index contributed by atoms with van der Waals surface area (Å²) in [7, 11) is -7.20. The Morgan fingerprint density at radius 3 is 2.29 bits per heavy atom. The summed E-state index contributed by atoms with van der Waals surface area (Å²) in [5, 5.41) is 1.65. The SMILES string of the molecule is CC(=O)c1ccc(NC(=O)c2cccc(S(=O)(=O)C3CCS(=O)(=O)C3)c2)cc1. The van der Waals surface area contributed by atoms with E-state index in [1.54, 1.807) is 24.3 Å². The second-order valence-corrected chi connectivity index (χ2v) is 11.1. The number of nitrogens with one attached hydrogen (secondary N) is 1. The molecular weight excluding hydrogens is 402 g/mol. The summed E-state index contributed by atoms with van der Waals surface area (Å²) in [4.78, 5) is 23.7.